The summed E-state index contributed by atoms with van der Waals surface area (Å²) in [7, 11) is 0. The first kappa shape index (κ1) is 13.4. The molecule has 2 bridgehead atoms. The second kappa shape index (κ2) is 4.91. The van der Waals surface area contributed by atoms with E-state index >= 15 is 0 Å². The van der Waals surface area contributed by atoms with E-state index in [0.717, 1.165) is 6.42 Å². The van der Waals surface area contributed by atoms with Crippen LogP contribution < -0.4 is 0 Å². The highest BCUT2D eigenvalue weighted by Crippen LogP contribution is 2.59. The molecule has 1 fully saturated rings. The second-order valence-electron chi connectivity index (χ2n) is 5.85. The SMILES string of the molecule is C=C(C)C(=O)OCC1(CC)C2C=CC(C2)C1CC. The van der Waals surface area contributed by atoms with Gasteiger partial charge in [-0.05, 0) is 37.5 Å². The largest absolute Gasteiger partial charge is 0.462 e. The molecule has 0 heterocycles. The lowest BCUT2D eigenvalue weighted by atomic mass is 9.66. The van der Waals surface area contributed by atoms with Crippen LogP contribution in [0.5, 0.6) is 0 Å². The predicted octanol–water partition coefficient (Wildman–Crippen LogP) is 3.73. The zero-order valence-electron chi connectivity index (χ0n) is 11.7. The number of allylic oxidation sites excluding steroid dienone is 2. The number of carbonyl (C=O) groups is 1. The van der Waals surface area contributed by atoms with Crippen LogP contribution in [-0.4, -0.2) is 12.6 Å². The predicted molar refractivity (Wildman–Crippen MR) is 73.0 cm³/mol. The Labute approximate surface area is 110 Å². The summed E-state index contributed by atoms with van der Waals surface area (Å²) in [6, 6.07) is 0. The van der Waals surface area contributed by atoms with Crippen LogP contribution in [0.2, 0.25) is 0 Å². The van der Waals surface area contributed by atoms with Gasteiger partial charge < -0.3 is 4.74 Å². The quantitative estimate of drug-likeness (QED) is 0.421. The van der Waals surface area contributed by atoms with Gasteiger partial charge in [0.05, 0.1) is 6.61 Å². The van der Waals surface area contributed by atoms with Gasteiger partial charge in [0.25, 0.3) is 0 Å². The fraction of sp³-hybridized carbons (Fsp3) is 0.688. The Hall–Kier alpha value is -1.05. The van der Waals surface area contributed by atoms with E-state index in [1.54, 1.807) is 6.92 Å². The van der Waals surface area contributed by atoms with Gasteiger partial charge in [-0.25, -0.2) is 4.79 Å². The van der Waals surface area contributed by atoms with E-state index in [0.29, 0.717) is 29.9 Å². The maximum Gasteiger partial charge on any atom is 0.333 e. The third kappa shape index (κ3) is 1.92. The van der Waals surface area contributed by atoms with Crippen molar-refractivity contribution in [3.05, 3.63) is 24.3 Å². The zero-order chi connectivity index (χ0) is 13.3. The first-order chi connectivity index (χ1) is 8.55. The highest BCUT2D eigenvalue weighted by molar-refractivity contribution is 5.86. The van der Waals surface area contributed by atoms with Crippen molar-refractivity contribution in [2.45, 2.75) is 40.0 Å². The number of esters is 1. The van der Waals surface area contributed by atoms with Crippen LogP contribution in [0.3, 0.4) is 0 Å². The van der Waals surface area contributed by atoms with E-state index in [1.165, 1.54) is 12.8 Å². The molecule has 0 aromatic rings. The van der Waals surface area contributed by atoms with Crippen LogP contribution >= 0.6 is 0 Å². The minimum atomic E-state index is -0.246. The monoisotopic (exact) mass is 248 g/mol. The molecule has 2 rings (SSSR count). The van der Waals surface area contributed by atoms with E-state index in [1.807, 2.05) is 0 Å². The number of hydrogen-bond acceptors (Lipinski definition) is 2. The Bertz CT molecular complexity index is 383. The lowest BCUT2D eigenvalue weighted by molar-refractivity contribution is -0.144. The number of ether oxygens (including phenoxy) is 1. The van der Waals surface area contributed by atoms with E-state index in [4.69, 9.17) is 4.74 Å². The van der Waals surface area contributed by atoms with E-state index < -0.39 is 0 Å². The standard InChI is InChI=1S/C16H24O2/c1-5-14-12-7-8-13(9-12)16(14,6-2)10-18-15(17)11(3)4/h7-8,12-14H,3,5-6,9-10H2,1-2,4H3. The normalized spacial score (nSPS) is 36.9. The summed E-state index contributed by atoms with van der Waals surface area (Å²) in [5.74, 6) is 1.71. The molecule has 2 aliphatic carbocycles. The summed E-state index contributed by atoms with van der Waals surface area (Å²) in [6.45, 7) is 10.4. The molecule has 0 aromatic carbocycles. The molecule has 4 atom stereocenters. The summed E-state index contributed by atoms with van der Waals surface area (Å²) in [4.78, 5) is 11.6. The van der Waals surface area contributed by atoms with Gasteiger partial charge in [-0.15, -0.1) is 0 Å². The summed E-state index contributed by atoms with van der Waals surface area (Å²) in [6.07, 6.45) is 8.21. The highest BCUT2D eigenvalue weighted by atomic mass is 16.5. The first-order valence-electron chi connectivity index (χ1n) is 7.06. The number of carbonyl (C=O) groups excluding carboxylic acids is 1. The Morgan fingerprint density at radius 1 is 1.44 bits per heavy atom. The van der Waals surface area contributed by atoms with Gasteiger partial charge in [-0.1, -0.05) is 39.0 Å². The molecule has 2 nitrogen and oxygen atoms in total. The smallest absolute Gasteiger partial charge is 0.333 e. The fourth-order valence-corrected chi connectivity index (χ4v) is 4.03. The fourth-order valence-electron chi connectivity index (χ4n) is 4.03. The molecule has 100 valence electrons. The van der Waals surface area contributed by atoms with Gasteiger partial charge >= 0.3 is 5.97 Å². The molecule has 0 radical (unpaired) electrons. The molecule has 1 saturated carbocycles. The van der Waals surface area contributed by atoms with Crippen LogP contribution in [0.15, 0.2) is 24.3 Å². The molecule has 2 aliphatic rings. The second-order valence-corrected chi connectivity index (χ2v) is 5.85. The van der Waals surface area contributed by atoms with Gasteiger partial charge in [0.1, 0.15) is 0 Å². The minimum Gasteiger partial charge on any atom is -0.462 e. The number of fused-ring (bicyclic) bond motifs is 2. The summed E-state index contributed by atoms with van der Waals surface area (Å²) in [5, 5.41) is 0. The molecule has 0 spiro atoms. The van der Waals surface area contributed by atoms with Gasteiger partial charge in [-0.3, -0.25) is 0 Å². The highest BCUT2D eigenvalue weighted by Gasteiger charge is 2.54. The molecule has 0 N–H and O–H groups in total. The molecule has 0 saturated heterocycles. The molecule has 0 amide bonds. The minimum absolute atomic E-state index is 0.166. The van der Waals surface area contributed by atoms with Gasteiger partial charge in [0.2, 0.25) is 0 Å². The van der Waals surface area contributed by atoms with Crippen molar-refractivity contribution in [3.63, 3.8) is 0 Å². The molecular weight excluding hydrogens is 224 g/mol. The molecule has 18 heavy (non-hydrogen) atoms. The summed E-state index contributed by atoms with van der Waals surface area (Å²) >= 11 is 0. The Kier molecular flexibility index (Phi) is 3.65. The van der Waals surface area contributed by atoms with Crippen LogP contribution in [0.25, 0.3) is 0 Å². The maximum atomic E-state index is 11.6. The number of rotatable bonds is 5. The third-order valence-corrected chi connectivity index (χ3v) is 5.03. The van der Waals surface area contributed by atoms with Crippen molar-refractivity contribution in [1.29, 1.82) is 0 Å². The third-order valence-electron chi connectivity index (χ3n) is 5.03. The van der Waals surface area contributed by atoms with Crippen molar-refractivity contribution in [2.24, 2.45) is 23.2 Å². The van der Waals surface area contributed by atoms with E-state index in [9.17, 15) is 4.79 Å². The summed E-state index contributed by atoms with van der Waals surface area (Å²) in [5.41, 5.74) is 0.659. The van der Waals surface area contributed by atoms with E-state index in [2.05, 4.69) is 32.6 Å². The summed E-state index contributed by atoms with van der Waals surface area (Å²) < 4.78 is 5.49. The van der Waals surface area contributed by atoms with Crippen molar-refractivity contribution >= 4 is 5.97 Å². The van der Waals surface area contributed by atoms with Crippen molar-refractivity contribution in [3.8, 4) is 0 Å². The topological polar surface area (TPSA) is 26.3 Å². The lowest BCUT2D eigenvalue weighted by Crippen LogP contribution is -2.39. The average molecular weight is 248 g/mol. The Morgan fingerprint density at radius 2 is 2.17 bits per heavy atom. The van der Waals surface area contributed by atoms with Crippen molar-refractivity contribution < 1.29 is 9.53 Å². The van der Waals surface area contributed by atoms with Crippen molar-refractivity contribution in [1.82, 2.24) is 0 Å². The lowest BCUT2D eigenvalue weighted by Gasteiger charge is -2.40. The molecule has 0 aromatic heterocycles. The van der Waals surface area contributed by atoms with Crippen molar-refractivity contribution in [2.75, 3.05) is 6.61 Å². The molecule has 0 aliphatic heterocycles. The van der Waals surface area contributed by atoms with Crippen LogP contribution in [-0.2, 0) is 9.53 Å². The van der Waals surface area contributed by atoms with Crippen LogP contribution in [0.4, 0.5) is 0 Å². The number of hydrogen-bond donors (Lipinski definition) is 0. The van der Waals surface area contributed by atoms with Crippen LogP contribution in [0, 0.1) is 23.2 Å². The van der Waals surface area contributed by atoms with Gasteiger partial charge in [0, 0.05) is 11.0 Å². The Morgan fingerprint density at radius 3 is 2.72 bits per heavy atom. The van der Waals surface area contributed by atoms with Gasteiger partial charge in [-0.2, -0.15) is 0 Å². The van der Waals surface area contributed by atoms with Crippen LogP contribution in [0.1, 0.15) is 40.0 Å². The van der Waals surface area contributed by atoms with Gasteiger partial charge in [0.15, 0.2) is 0 Å². The molecule has 4 unspecified atom stereocenters. The Balaban J connectivity index is 2.13. The zero-order valence-corrected chi connectivity index (χ0v) is 11.7. The first-order valence-corrected chi connectivity index (χ1v) is 7.06. The molecule has 2 heteroatoms. The molecular formula is C16H24O2. The van der Waals surface area contributed by atoms with E-state index in [-0.39, 0.29) is 11.4 Å². The maximum absolute atomic E-state index is 11.6. The average Bonchev–Trinajstić information content (AvgIpc) is 2.94.